The molecule has 1 N–H and O–H groups in total. The average molecular weight is 302 g/mol. The minimum Gasteiger partial charge on any atom is -0.350 e. The van der Waals surface area contributed by atoms with E-state index in [0.29, 0.717) is 11.5 Å². The number of carbonyl (C=O) groups is 1. The molecule has 0 aromatic carbocycles. The second kappa shape index (κ2) is 6.90. The van der Waals surface area contributed by atoms with Crippen LogP contribution >= 0.6 is 0 Å². The number of nitrogens with one attached hydrogen (secondary N) is 1. The monoisotopic (exact) mass is 302 g/mol. The van der Waals surface area contributed by atoms with E-state index in [-0.39, 0.29) is 11.9 Å². The average Bonchev–Trinajstić information content (AvgIpc) is 2.73. The van der Waals surface area contributed by atoms with E-state index in [0.717, 1.165) is 29.6 Å². The number of nitrogens with zero attached hydrogens (tertiary/aromatic N) is 3. The Hall–Kier alpha value is -1.91. The fraction of sp³-hybridized carbons (Fsp3) is 0.588. The Morgan fingerprint density at radius 3 is 2.73 bits per heavy atom. The summed E-state index contributed by atoms with van der Waals surface area (Å²) < 4.78 is 1.74. The van der Waals surface area contributed by atoms with E-state index >= 15 is 0 Å². The molecule has 0 aliphatic rings. The summed E-state index contributed by atoms with van der Waals surface area (Å²) in [5.41, 5.74) is 2.29. The smallest absolute Gasteiger partial charge is 0.253 e. The van der Waals surface area contributed by atoms with Crippen molar-refractivity contribution >= 4 is 16.9 Å². The van der Waals surface area contributed by atoms with E-state index in [2.05, 4.69) is 36.2 Å². The number of fused-ring (bicyclic) bond motifs is 1. The van der Waals surface area contributed by atoms with Crippen molar-refractivity contribution in [2.75, 3.05) is 0 Å². The molecule has 5 heteroatoms. The molecule has 0 unspecified atom stereocenters. The Morgan fingerprint density at radius 1 is 1.32 bits per heavy atom. The maximum Gasteiger partial charge on any atom is 0.253 e. The molecular weight excluding hydrogens is 276 g/mol. The summed E-state index contributed by atoms with van der Waals surface area (Å²) in [6, 6.07) is 2.05. The highest BCUT2D eigenvalue weighted by atomic mass is 16.1. The van der Waals surface area contributed by atoms with Crippen LogP contribution in [0.25, 0.3) is 11.0 Å². The van der Waals surface area contributed by atoms with Gasteiger partial charge in [0.25, 0.3) is 5.91 Å². The molecule has 0 saturated carbocycles. The van der Waals surface area contributed by atoms with Gasteiger partial charge >= 0.3 is 0 Å². The lowest BCUT2D eigenvalue weighted by atomic mass is 10.0. The van der Waals surface area contributed by atoms with Gasteiger partial charge < -0.3 is 5.32 Å². The van der Waals surface area contributed by atoms with Gasteiger partial charge in [-0.2, -0.15) is 5.10 Å². The van der Waals surface area contributed by atoms with Crippen LogP contribution in [0.2, 0.25) is 0 Å². The first-order chi connectivity index (χ1) is 10.4. The molecule has 2 heterocycles. The number of rotatable bonds is 6. The van der Waals surface area contributed by atoms with Crippen molar-refractivity contribution < 1.29 is 4.79 Å². The third-order valence-corrected chi connectivity index (χ3v) is 3.92. The molecule has 1 atom stereocenters. The molecule has 2 rings (SSSR count). The van der Waals surface area contributed by atoms with Crippen molar-refractivity contribution in [1.82, 2.24) is 20.1 Å². The third-order valence-electron chi connectivity index (χ3n) is 3.92. The van der Waals surface area contributed by atoms with E-state index < -0.39 is 0 Å². The number of amides is 1. The predicted octanol–water partition coefficient (Wildman–Crippen LogP) is 3.22. The van der Waals surface area contributed by atoms with Gasteiger partial charge in [-0.25, -0.2) is 4.98 Å². The largest absolute Gasteiger partial charge is 0.350 e. The molecule has 0 bridgehead atoms. The van der Waals surface area contributed by atoms with Gasteiger partial charge in [-0.3, -0.25) is 9.48 Å². The minimum absolute atomic E-state index is 0.0605. The fourth-order valence-electron chi connectivity index (χ4n) is 2.64. The predicted molar refractivity (Wildman–Crippen MR) is 88.9 cm³/mol. The number of carbonyl (C=O) groups excluding carboxylic acids is 1. The van der Waals surface area contributed by atoms with Crippen LogP contribution in [0.15, 0.2) is 12.3 Å². The van der Waals surface area contributed by atoms with Crippen LogP contribution in [0, 0.1) is 12.8 Å². The van der Waals surface area contributed by atoms with Crippen molar-refractivity contribution in [3.05, 3.63) is 23.5 Å². The van der Waals surface area contributed by atoms with E-state index in [9.17, 15) is 4.79 Å². The Morgan fingerprint density at radius 2 is 2.05 bits per heavy atom. The van der Waals surface area contributed by atoms with E-state index in [1.54, 1.807) is 10.9 Å². The lowest BCUT2D eigenvalue weighted by Gasteiger charge is -2.14. The first-order valence-corrected chi connectivity index (χ1v) is 7.98. The molecule has 0 saturated heterocycles. The molecule has 0 aliphatic heterocycles. The SMILES string of the molecule is Cc1nn(C)c2ncc(C(=O)N[C@@H](C)CCCC(C)C)cc12. The summed E-state index contributed by atoms with van der Waals surface area (Å²) in [6.07, 6.45) is 4.96. The van der Waals surface area contributed by atoms with Crippen molar-refractivity contribution in [2.45, 2.75) is 53.0 Å². The van der Waals surface area contributed by atoms with E-state index in [4.69, 9.17) is 0 Å². The third kappa shape index (κ3) is 3.84. The topological polar surface area (TPSA) is 59.8 Å². The maximum absolute atomic E-state index is 12.3. The lowest BCUT2D eigenvalue weighted by molar-refractivity contribution is 0.0937. The Labute approximate surface area is 132 Å². The van der Waals surface area contributed by atoms with Crippen LogP contribution in [-0.4, -0.2) is 26.7 Å². The second-order valence-electron chi connectivity index (χ2n) is 6.50. The van der Waals surface area contributed by atoms with Gasteiger partial charge in [-0.05, 0) is 32.3 Å². The number of aryl methyl sites for hydroxylation is 2. The molecule has 120 valence electrons. The van der Waals surface area contributed by atoms with Crippen LogP contribution in [-0.2, 0) is 7.05 Å². The molecule has 2 aromatic rings. The van der Waals surface area contributed by atoms with Gasteiger partial charge in [0.15, 0.2) is 5.65 Å². The number of hydrogen-bond acceptors (Lipinski definition) is 3. The molecule has 0 spiro atoms. The summed E-state index contributed by atoms with van der Waals surface area (Å²) in [4.78, 5) is 16.7. The highest BCUT2D eigenvalue weighted by molar-refractivity contribution is 5.97. The zero-order valence-corrected chi connectivity index (χ0v) is 14.2. The standard InChI is InChI=1S/C17H26N4O/c1-11(2)7-6-8-12(3)19-17(22)14-9-15-13(4)20-21(5)16(15)18-10-14/h9-12H,6-8H2,1-5H3,(H,19,22)/t12-/m0/s1. The van der Waals surface area contributed by atoms with Crippen LogP contribution < -0.4 is 5.32 Å². The lowest BCUT2D eigenvalue weighted by Crippen LogP contribution is -2.32. The zero-order valence-electron chi connectivity index (χ0n) is 14.2. The number of aromatic nitrogens is 3. The van der Waals surface area contributed by atoms with Gasteiger partial charge in [0.05, 0.1) is 11.3 Å². The first-order valence-electron chi connectivity index (χ1n) is 7.98. The van der Waals surface area contributed by atoms with Crippen molar-refractivity contribution in [1.29, 1.82) is 0 Å². The summed E-state index contributed by atoms with van der Waals surface area (Å²) in [6.45, 7) is 8.43. The Bertz CT molecular complexity index is 660. The maximum atomic E-state index is 12.3. The van der Waals surface area contributed by atoms with Gasteiger partial charge in [0, 0.05) is 24.7 Å². The van der Waals surface area contributed by atoms with Crippen LogP contribution in [0.4, 0.5) is 0 Å². The summed E-state index contributed by atoms with van der Waals surface area (Å²) in [5, 5.41) is 8.32. The van der Waals surface area contributed by atoms with Gasteiger partial charge in [-0.1, -0.05) is 26.7 Å². The highest BCUT2D eigenvalue weighted by Gasteiger charge is 2.13. The number of hydrogen-bond donors (Lipinski definition) is 1. The minimum atomic E-state index is -0.0605. The van der Waals surface area contributed by atoms with Gasteiger partial charge in [0.2, 0.25) is 0 Å². The molecular formula is C17H26N4O. The quantitative estimate of drug-likeness (QED) is 0.891. The van der Waals surface area contributed by atoms with Gasteiger partial charge in [-0.15, -0.1) is 0 Å². The summed E-state index contributed by atoms with van der Waals surface area (Å²) >= 11 is 0. The molecule has 1 amide bonds. The fourth-order valence-corrected chi connectivity index (χ4v) is 2.64. The first kappa shape index (κ1) is 16.5. The molecule has 5 nitrogen and oxygen atoms in total. The second-order valence-corrected chi connectivity index (χ2v) is 6.50. The van der Waals surface area contributed by atoms with Crippen molar-refractivity contribution in [2.24, 2.45) is 13.0 Å². The van der Waals surface area contributed by atoms with E-state index in [1.807, 2.05) is 20.0 Å². The molecule has 22 heavy (non-hydrogen) atoms. The molecule has 0 fully saturated rings. The summed E-state index contributed by atoms with van der Waals surface area (Å²) in [7, 11) is 1.86. The van der Waals surface area contributed by atoms with Crippen LogP contribution in [0.1, 0.15) is 56.1 Å². The van der Waals surface area contributed by atoms with Crippen LogP contribution in [0.3, 0.4) is 0 Å². The highest BCUT2D eigenvalue weighted by Crippen LogP contribution is 2.16. The molecule has 0 radical (unpaired) electrons. The van der Waals surface area contributed by atoms with Gasteiger partial charge in [0.1, 0.15) is 0 Å². The number of pyridine rings is 1. The normalized spacial score (nSPS) is 12.8. The Balaban J connectivity index is 2.02. The molecule has 2 aromatic heterocycles. The Kier molecular flexibility index (Phi) is 5.16. The van der Waals surface area contributed by atoms with E-state index in [1.165, 1.54) is 6.42 Å². The van der Waals surface area contributed by atoms with Crippen molar-refractivity contribution in [3.8, 4) is 0 Å². The zero-order chi connectivity index (χ0) is 16.3. The van der Waals surface area contributed by atoms with Crippen LogP contribution in [0.5, 0.6) is 0 Å². The van der Waals surface area contributed by atoms with Crippen molar-refractivity contribution in [3.63, 3.8) is 0 Å². The summed E-state index contributed by atoms with van der Waals surface area (Å²) in [5.74, 6) is 0.651. The molecule has 0 aliphatic carbocycles.